The van der Waals surface area contributed by atoms with E-state index in [4.69, 9.17) is 0 Å². The molecule has 1 aliphatic heterocycles. The molecule has 0 atom stereocenters. The Morgan fingerprint density at radius 1 is 1.25 bits per heavy atom. The van der Waals surface area contributed by atoms with Crippen molar-refractivity contribution < 1.29 is 4.92 Å². The van der Waals surface area contributed by atoms with Crippen molar-refractivity contribution in [3.63, 3.8) is 0 Å². The maximum Gasteiger partial charge on any atom is 0.269 e. The predicted octanol–water partition coefficient (Wildman–Crippen LogP) is 1.77. The summed E-state index contributed by atoms with van der Waals surface area (Å²) in [5.74, 6) is 0. The number of hydrogen-bond donors (Lipinski definition) is 1. The van der Waals surface area contributed by atoms with Crippen molar-refractivity contribution >= 4 is 11.4 Å². The molecule has 0 saturated carbocycles. The van der Waals surface area contributed by atoms with Crippen LogP contribution in [0.25, 0.3) is 0 Å². The van der Waals surface area contributed by atoms with Crippen LogP contribution in [0.5, 0.6) is 0 Å². The number of nitrogens with one attached hydrogen (secondary N) is 1. The van der Waals surface area contributed by atoms with Gasteiger partial charge in [-0.3, -0.25) is 10.1 Å². The first-order valence-corrected chi connectivity index (χ1v) is 5.40. The molecule has 1 fully saturated rings. The van der Waals surface area contributed by atoms with Gasteiger partial charge in [-0.15, -0.1) is 0 Å². The van der Waals surface area contributed by atoms with Gasteiger partial charge >= 0.3 is 0 Å². The Bertz CT molecular complexity index is 358. The number of nitro benzene ring substituents is 1. The van der Waals surface area contributed by atoms with Crippen LogP contribution in [-0.2, 0) is 0 Å². The maximum atomic E-state index is 10.5. The summed E-state index contributed by atoms with van der Waals surface area (Å²) in [6, 6.07) is 7.00. The molecule has 1 aliphatic rings. The van der Waals surface area contributed by atoms with Gasteiger partial charge in [0.1, 0.15) is 0 Å². The Morgan fingerprint density at radius 3 is 2.44 bits per heavy atom. The first-order chi connectivity index (χ1) is 7.75. The topological polar surface area (TPSA) is 69.3 Å². The average Bonchev–Trinajstić information content (AvgIpc) is 2.31. The molecule has 0 spiro atoms. The quantitative estimate of drug-likeness (QED) is 0.623. The number of nitro groups is 1. The van der Waals surface area contributed by atoms with E-state index in [1.54, 1.807) is 12.1 Å². The smallest absolute Gasteiger partial charge is 0.269 e. The van der Waals surface area contributed by atoms with E-state index in [1.165, 1.54) is 12.1 Å². The minimum Gasteiger partial charge on any atom is -0.382 e. The first kappa shape index (κ1) is 10.9. The standard InChI is InChI=1S/C11H14N3O2/c15-14(16)11-3-1-9(2-4-11)13-10-5-7-12-8-6-10/h1-4,10,13H,5-8H2. The molecule has 1 saturated heterocycles. The molecule has 0 bridgehead atoms. The fourth-order valence-corrected chi connectivity index (χ4v) is 1.81. The van der Waals surface area contributed by atoms with Gasteiger partial charge in [0.15, 0.2) is 0 Å². The van der Waals surface area contributed by atoms with E-state index in [9.17, 15) is 10.1 Å². The molecule has 0 aliphatic carbocycles. The summed E-state index contributed by atoms with van der Waals surface area (Å²) in [7, 11) is 0. The highest BCUT2D eigenvalue weighted by atomic mass is 16.6. The Balaban J connectivity index is 1.96. The fraction of sp³-hybridized carbons (Fsp3) is 0.455. The van der Waals surface area contributed by atoms with Crippen LogP contribution in [0, 0.1) is 10.1 Å². The highest BCUT2D eigenvalue weighted by molar-refractivity contribution is 5.49. The van der Waals surface area contributed by atoms with Crippen LogP contribution in [0.1, 0.15) is 12.8 Å². The fourth-order valence-electron chi connectivity index (χ4n) is 1.81. The lowest BCUT2D eigenvalue weighted by molar-refractivity contribution is -0.384. The van der Waals surface area contributed by atoms with Crippen LogP contribution in [0.3, 0.4) is 0 Å². The summed E-state index contributed by atoms with van der Waals surface area (Å²) in [6.45, 7) is 1.81. The van der Waals surface area contributed by atoms with E-state index in [-0.39, 0.29) is 10.6 Å². The summed E-state index contributed by atoms with van der Waals surface area (Å²) < 4.78 is 0. The van der Waals surface area contributed by atoms with Gasteiger partial charge in [-0.2, -0.15) is 0 Å². The molecule has 0 aromatic heterocycles. The number of non-ortho nitro benzene ring substituents is 1. The van der Waals surface area contributed by atoms with E-state index in [0.717, 1.165) is 31.6 Å². The van der Waals surface area contributed by atoms with Crippen molar-refractivity contribution in [2.24, 2.45) is 0 Å². The third-order valence-electron chi connectivity index (χ3n) is 2.72. The van der Waals surface area contributed by atoms with Crippen molar-refractivity contribution in [2.75, 3.05) is 18.4 Å². The van der Waals surface area contributed by atoms with Crippen molar-refractivity contribution in [1.82, 2.24) is 5.32 Å². The molecule has 5 nitrogen and oxygen atoms in total. The van der Waals surface area contributed by atoms with Gasteiger partial charge in [0.05, 0.1) is 4.92 Å². The number of benzene rings is 1. The second kappa shape index (κ2) is 4.94. The van der Waals surface area contributed by atoms with E-state index >= 15 is 0 Å². The maximum absolute atomic E-state index is 10.5. The normalized spacial score (nSPS) is 17.0. The lowest BCUT2D eigenvalue weighted by Crippen LogP contribution is -2.31. The minimum absolute atomic E-state index is 0.129. The van der Waals surface area contributed by atoms with Crippen molar-refractivity contribution in [3.05, 3.63) is 34.4 Å². The number of nitrogens with zero attached hydrogens (tertiary/aromatic N) is 2. The molecular weight excluding hydrogens is 206 g/mol. The van der Waals surface area contributed by atoms with Gasteiger partial charge < -0.3 is 5.32 Å². The van der Waals surface area contributed by atoms with Gasteiger partial charge in [-0.05, 0) is 25.0 Å². The van der Waals surface area contributed by atoms with Crippen LogP contribution in [0.15, 0.2) is 24.3 Å². The third-order valence-corrected chi connectivity index (χ3v) is 2.72. The average molecular weight is 220 g/mol. The van der Waals surface area contributed by atoms with Crippen LogP contribution in [0.2, 0.25) is 0 Å². The van der Waals surface area contributed by atoms with Gasteiger partial charge in [-0.25, -0.2) is 5.32 Å². The van der Waals surface area contributed by atoms with Crippen LogP contribution in [-0.4, -0.2) is 24.1 Å². The van der Waals surface area contributed by atoms with Gasteiger partial charge in [0.25, 0.3) is 5.69 Å². The first-order valence-electron chi connectivity index (χ1n) is 5.40. The molecule has 0 unspecified atom stereocenters. The molecule has 5 heteroatoms. The van der Waals surface area contributed by atoms with Crippen LogP contribution in [0.4, 0.5) is 11.4 Å². The Labute approximate surface area is 94.0 Å². The molecular formula is C11H14N3O2. The molecule has 85 valence electrons. The predicted molar refractivity (Wildman–Crippen MR) is 61.6 cm³/mol. The SMILES string of the molecule is O=[N+]([O-])c1ccc(NC2CC[N]CC2)cc1. The Kier molecular flexibility index (Phi) is 3.36. The Morgan fingerprint density at radius 2 is 1.88 bits per heavy atom. The zero-order valence-electron chi connectivity index (χ0n) is 8.93. The van der Waals surface area contributed by atoms with Gasteiger partial charge in [0.2, 0.25) is 0 Å². The molecule has 1 heterocycles. The highest BCUT2D eigenvalue weighted by Gasteiger charge is 2.13. The summed E-state index contributed by atoms with van der Waals surface area (Å²) in [5.41, 5.74) is 1.07. The van der Waals surface area contributed by atoms with E-state index < -0.39 is 0 Å². The van der Waals surface area contributed by atoms with Gasteiger partial charge in [0, 0.05) is 37.0 Å². The number of anilines is 1. The molecule has 1 radical (unpaired) electrons. The molecule has 16 heavy (non-hydrogen) atoms. The summed E-state index contributed by atoms with van der Waals surface area (Å²) >= 11 is 0. The summed E-state index contributed by atoms with van der Waals surface area (Å²) in [5, 5.41) is 18.1. The number of piperidine rings is 1. The van der Waals surface area contributed by atoms with E-state index in [0.29, 0.717) is 6.04 Å². The van der Waals surface area contributed by atoms with Crippen molar-refractivity contribution in [3.8, 4) is 0 Å². The van der Waals surface area contributed by atoms with E-state index in [1.807, 2.05) is 0 Å². The van der Waals surface area contributed by atoms with Crippen LogP contribution < -0.4 is 10.6 Å². The lowest BCUT2D eigenvalue weighted by atomic mass is 10.1. The Hall–Kier alpha value is -1.62. The molecule has 0 amide bonds. The molecule has 1 aromatic carbocycles. The number of rotatable bonds is 3. The molecule has 1 aromatic rings. The summed E-state index contributed by atoms with van der Waals surface area (Å²) in [4.78, 5) is 10.1. The zero-order valence-corrected chi connectivity index (χ0v) is 8.93. The van der Waals surface area contributed by atoms with Crippen molar-refractivity contribution in [1.29, 1.82) is 0 Å². The molecule has 2 rings (SSSR count). The second-order valence-corrected chi connectivity index (χ2v) is 3.89. The van der Waals surface area contributed by atoms with E-state index in [2.05, 4.69) is 10.6 Å². The number of hydrogen-bond acceptors (Lipinski definition) is 3. The highest BCUT2D eigenvalue weighted by Crippen LogP contribution is 2.18. The lowest BCUT2D eigenvalue weighted by Gasteiger charge is -2.23. The third kappa shape index (κ3) is 2.70. The van der Waals surface area contributed by atoms with Crippen molar-refractivity contribution in [2.45, 2.75) is 18.9 Å². The largest absolute Gasteiger partial charge is 0.382 e. The monoisotopic (exact) mass is 220 g/mol. The van der Waals surface area contributed by atoms with Gasteiger partial charge in [-0.1, -0.05) is 0 Å². The minimum atomic E-state index is -0.386. The second-order valence-electron chi connectivity index (χ2n) is 3.89. The van der Waals surface area contributed by atoms with Crippen LogP contribution >= 0.6 is 0 Å². The zero-order chi connectivity index (χ0) is 11.4. The molecule has 1 N–H and O–H groups in total. The summed E-state index contributed by atoms with van der Waals surface area (Å²) in [6.07, 6.45) is 2.08.